The number of hydrogen-bond donors (Lipinski definition) is 2. The van der Waals surface area contributed by atoms with E-state index in [0.29, 0.717) is 29.6 Å². The van der Waals surface area contributed by atoms with Crippen LogP contribution in [0.2, 0.25) is 0 Å². The van der Waals surface area contributed by atoms with E-state index in [1.807, 2.05) is 35.2 Å². The average Bonchev–Trinajstić information content (AvgIpc) is 3.41. The third-order valence-corrected chi connectivity index (χ3v) is 4.70. The zero-order valence-corrected chi connectivity index (χ0v) is 18.2. The summed E-state index contributed by atoms with van der Waals surface area (Å²) in [5.74, 6) is 0.402. The Bertz CT molecular complexity index is 1050. The number of allylic oxidation sites excluding steroid dienone is 3. The third-order valence-electron chi connectivity index (χ3n) is 3.83. The van der Waals surface area contributed by atoms with Gasteiger partial charge in [-0.2, -0.15) is 0 Å². The molecule has 2 N–H and O–H groups in total. The van der Waals surface area contributed by atoms with Crippen LogP contribution in [0.1, 0.15) is 16.2 Å². The molecule has 3 aromatic heterocycles. The van der Waals surface area contributed by atoms with Crippen molar-refractivity contribution in [1.29, 1.82) is 0 Å². The summed E-state index contributed by atoms with van der Waals surface area (Å²) in [6.45, 7) is 6.24. The number of carbonyl (C=O) groups is 2. The third kappa shape index (κ3) is 7.82. The Kier molecular flexibility index (Phi) is 9.57. The van der Waals surface area contributed by atoms with E-state index in [1.54, 1.807) is 49.8 Å². The molecule has 3 rings (SSSR count). The van der Waals surface area contributed by atoms with Crippen molar-refractivity contribution in [3.63, 3.8) is 0 Å². The normalized spacial score (nSPS) is 10.8. The lowest BCUT2D eigenvalue weighted by molar-refractivity contribution is -0.105. The first-order chi connectivity index (χ1) is 15.1. The van der Waals surface area contributed by atoms with Crippen molar-refractivity contribution >= 4 is 40.8 Å². The largest absolute Gasteiger partial charge is 0.339 e. The molecule has 0 spiro atoms. The molecule has 8 nitrogen and oxygen atoms in total. The fourth-order valence-corrected chi connectivity index (χ4v) is 3.07. The highest BCUT2D eigenvalue weighted by molar-refractivity contribution is 7.13. The van der Waals surface area contributed by atoms with Crippen molar-refractivity contribution in [3.8, 4) is 0 Å². The summed E-state index contributed by atoms with van der Waals surface area (Å²) in [5.41, 5.74) is 2.45. The second-order valence-electron chi connectivity index (χ2n) is 6.10. The molecule has 0 aliphatic heterocycles. The molecule has 0 unspecified atom stereocenters. The first-order valence-electron chi connectivity index (χ1n) is 9.31. The van der Waals surface area contributed by atoms with Gasteiger partial charge in [-0.05, 0) is 42.8 Å². The molecule has 0 saturated carbocycles. The first kappa shape index (κ1) is 23.4. The van der Waals surface area contributed by atoms with Gasteiger partial charge in [-0.15, -0.1) is 11.3 Å². The minimum Gasteiger partial charge on any atom is -0.339 e. The molecule has 0 bridgehead atoms. The maximum atomic E-state index is 12.4. The predicted molar refractivity (Wildman–Crippen MR) is 126 cm³/mol. The van der Waals surface area contributed by atoms with Gasteiger partial charge in [-0.25, -0.2) is 9.97 Å². The van der Waals surface area contributed by atoms with Crippen molar-refractivity contribution < 1.29 is 9.59 Å². The zero-order chi connectivity index (χ0) is 22.5. The van der Waals surface area contributed by atoms with E-state index in [4.69, 9.17) is 0 Å². The highest BCUT2D eigenvalue weighted by atomic mass is 32.1. The number of aromatic nitrogens is 3. The molecule has 0 fully saturated rings. The smallest absolute Gasteiger partial charge is 0.274 e. The fraction of sp³-hybridized carbons (Fsp3) is 0.136. The Morgan fingerprint density at radius 1 is 1.32 bits per heavy atom. The van der Waals surface area contributed by atoms with E-state index in [0.717, 1.165) is 11.3 Å². The Balaban J connectivity index is 0.000000316. The van der Waals surface area contributed by atoms with Crippen LogP contribution in [0.3, 0.4) is 0 Å². The van der Waals surface area contributed by atoms with Gasteiger partial charge in [-0.1, -0.05) is 18.7 Å². The van der Waals surface area contributed by atoms with Crippen LogP contribution in [-0.2, 0) is 11.3 Å². The van der Waals surface area contributed by atoms with Gasteiger partial charge in [0.2, 0.25) is 6.41 Å². The standard InChI is InChI=1S/C16H18N4OS.C6H6N2O/c1-4-13(7-8-17-3)10-20-9-5-6-14(20)15(21)19-16-18-12(2)11-22-16;9-5-8-6-3-1-2-4-7-6/h4-9,11H,1,10H2,2-3H3,(H,18,19,21);1-5H,(H,7,8,9)/b13-7+,17-8?;. The van der Waals surface area contributed by atoms with Crippen LogP contribution in [0, 0.1) is 6.92 Å². The average molecular weight is 437 g/mol. The molecule has 3 aromatic rings. The van der Waals surface area contributed by atoms with Crippen molar-refractivity contribution in [3.05, 3.63) is 83.8 Å². The van der Waals surface area contributed by atoms with Crippen LogP contribution in [0.4, 0.5) is 10.9 Å². The molecular weight excluding hydrogens is 412 g/mol. The highest BCUT2D eigenvalue weighted by Crippen LogP contribution is 2.16. The second-order valence-corrected chi connectivity index (χ2v) is 6.96. The van der Waals surface area contributed by atoms with Gasteiger partial charge in [-0.3, -0.25) is 19.9 Å². The van der Waals surface area contributed by atoms with E-state index in [-0.39, 0.29) is 5.91 Å². The Morgan fingerprint density at radius 3 is 2.77 bits per heavy atom. The summed E-state index contributed by atoms with van der Waals surface area (Å²) >= 11 is 1.41. The molecule has 0 aromatic carbocycles. The molecule has 160 valence electrons. The Hall–Kier alpha value is -3.85. The molecule has 3 heterocycles. The van der Waals surface area contributed by atoms with Crippen LogP contribution in [0.15, 0.2) is 77.4 Å². The van der Waals surface area contributed by atoms with E-state index < -0.39 is 0 Å². The molecule has 0 aliphatic rings. The number of anilines is 2. The van der Waals surface area contributed by atoms with Crippen LogP contribution >= 0.6 is 11.3 Å². The summed E-state index contributed by atoms with van der Waals surface area (Å²) in [6.07, 6.45) is 9.42. The summed E-state index contributed by atoms with van der Waals surface area (Å²) in [7, 11) is 1.71. The molecule has 31 heavy (non-hydrogen) atoms. The monoisotopic (exact) mass is 436 g/mol. The summed E-state index contributed by atoms with van der Waals surface area (Å²) < 4.78 is 1.87. The lowest BCUT2D eigenvalue weighted by Gasteiger charge is -2.09. The number of pyridine rings is 1. The number of hydrogen-bond acceptors (Lipinski definition) is 6. The minimum atomic E-state index is -0.174. The molecule has 9 heteroatoms. The number of amides is 2. The van der Waals surface area contributed by atoms with Crippen LogP contribution in [-0.4, -0.2) is 40.1 Å². The second kappa shape index (κ2) is 12.7. The van der Waals surface area contributed by atoms with Gasteiger partial charge < -0.3 is 9.88 Å². The van der Waals surface area contributed by atoms with Crippen molar-refractivity contribution in [2.75, 3.05) is 17.7 Å². The Labute approximate surface area is 185 Å². The van der Waals surface area contributed by atoms with Gasteiger partial charge in [0.15, 0.2) is 5.13 Å². The summed E-state index contributed by atoms with van der Waals surface area (Å²) in [4.78, 5) is 34.2. The van der Waals surface area contributed by atoms with Gasteiger partial charge >= 0.3 is 0 Å². The van der Waals surface area contributed by atoms with Gasteiger partial charge in [0.1, 0.15) is 11.5 Å². The van der Waals surface area contributed by atoms with Crippen LogP contribution < -0.4 is 10.6 Å². The summed E-state index contributed by atoms with van der Waals surface area (Å²) in [6, 6.07) is 8.93. The van der Waals surface area contributed by atoms with Gasteiger partial charge in [0.25, 0.3) is 5.91 Å². The fourth-order valence-electron chi connectivity index (χ4n) is 2.39. The summed E-state index contributed by atoms with van der Waals surface area (Å²) in [5, 5.41) is 7.74. The number of nitrogens with one attached hydrogen (secondary N) is 2. The minimum absolute atomic E-state index is 0.174. The lowest BCUT2D eigenvalue weighted by atomic mass is 10.2. The van der Waals surface area contributed by atoms with Crippen LogP contribution in [0.25, 0.3) is 0 Å². The van der Waals surface area contributed by atoms with Crippen molar-refractivity contribution in [2.45, 2.75) is 13.5 Å². The van der Waals surface area contributed by atoms with E-state index in [2.05, 4.69) is 32.2 Å². The van der Waals surface area contributed by atoms with Gasteiger partial charge in [0, 0.05) is 37.6 Å². The maximum Gasteiger partial charge on any atom is 0.274 e. The van der Waals surface area contributed by atoms with Crippen LogP contribution in [0.5, 0.6) is 0 Å². The quantitative estimate of drug-likeness (QED) is 0.317. The van der Waals surface area contributed by atoms with E-state index >= 15 is 0 Å². The number of rotatable bonds is 8. The Morgan fingerprint density at radius 2 is 2.16 bits per heavy atom. The molecular formula is C22H24N6O2S. The predicted octanol–water partition coefficient (Wildman–Crippen LogP) is 3.97. The number of nitrogens with zero attached hydrogens (tertiary/aromatic N) is 4. The first-order valence-corrected chi connectivity index (χ1v) is 10.2. The zero-order valence-electron chi connectivity index (χ0n) is 17.4. The van der Waals surface area contributed by atoms with Crippen molar-refractivity contribution in [1.82, 2.24) is 14.5 Å². The molecule has 0 aliphatic carbocycles. The SMILES string of the molecule is C=C/C(=C\C=NC)Cn1cccc1C(=O)Nc1nc(C)cs1.O=CNc1ccccn1. The lowest BCUT2D eigenvalue weighted by Crippen LogP contribution is -2.17. The maximum absolute atomic E-state index is 12.4. The number of aliphatic imine (C=N–C) groups is 1. The number of thiazole rings is 1. The molecule has 0 atom stereocenters. The number of aryl methyl sites for hydroxylation is 1. The van der Waals surface area contributed by atoms with E-state index in [1.165, 1.54) is 11.3 Å². The molecule has 2 amide bonds. The number of carbonyl (C=O) groups excluding carboxylic acids is 2. The van der Waals surface area contributed by atoms with Gasteiger partial charge in [0.05, 0.1) is 5.69 Å². The molecule has 0 saturated heterocycles. The highest BCUT2D eigenvalue weighted by Gasteiger charge is 2.13. The molecule has 0 radical (unpaired) electrons. The van der Waals surface area contributed by atoms with E-state index in [9.17, 15) is 9.59 Å². The van der Waals surface area contributed by atoms with Crippen molar-refractivity contribution in [2.24, 2.45) is 4.99 Å². The topological polar surface area (TPSA) is 101 Å².